The number of carbonyl (C=O) groups excluding carboxylic acids is 3. The van der Waals surface area contributed by atoms with Crippen molar-refractivity contribution in [3.8, 4) is 11.5 Å². The summed E-state index contributed by atoms with van der Waals surface area (Å²) in [5.41, 5.74) is 5.99. The number of hydrogen-bond donors (Lipinski definition) is 1. The molecule has 0 amide bonds. The van der Waals surface area contributed by atoms with Gasteiger partial charge in [-0.3, -0.25) is 14.4 Å². The third-order valence-electron chi connectivity index (χ3n) is 5.32. The number of esters is 2. The average molecular weight is 456 g/mol. The molecule has 7 heteroatoms. The molecule has 0 aliphatic heterocycles. The zero-order chi connectivity index (χ0) is 23.1. The van der Waals surface area contributed by atoms with Crippen LogP contribution in [0.25, 0.3) is 0 Å². The van der Waals surface area contributed by atoms with Crippen LogP contribution in [-0.2, 0) is 9.59 Å². The molecule has 3 unspecified atom stereocenters. The Hall–Kier alpha value is -1.92. The lowest BCUT2D eigenvalue weighted by Gasteiger charge is -2.26. The third-order valence-corrected chi connectivity index (χ3v) is 5.32. The minimum absolute atomic E-state index is 0. The van der Waals surface area contributed by atoms with E-state index in [0.717, 1.165) is 12.8 Å². The molecule has 0 saturated carbocycles. The second kappa shape index (κ2) is 12.8. The Morgan fingerprint density at radius 2 is 1.35 bits per heavy atom. The molecule has 0 aromatic heterocycles. The number of nitrogens with two attached hydrogens (primary N) is 1. The first-order chi connectivity index (χ1) is 13.9. The maximum Gasteiger partial charge on any atom is 0.311 e. The van der Waals surface area contributed by atoms with E-state index in [2.05, 4.69) is 0 Å². The van der Waals surface area contributed by atoms with Gasteiger partial charge in [-0.15, -0.1) is 12.4 Å². The van der Waals surface area contributed by atoms with Crippen LogP contribution >= 0.6 is 12.4 Å². The number of halogens is 1. The van der Waals surface area contributed by atoms with Crippen LogP contribution in [0.5, 0.6) is 11.5 Å². The predicted octanol–water partition coefficient (Wildman–Crippen LogP) is 5.35. The van der Waals surface area contributed by atoms with Gasteiger partial charge in [0, 0.05) is 18.4 Å². The maximum absolute atomic E-state index is 12.8. The van der Waals surface area contributed by atoms with Crippen LogP contribution in [0.3, 0.4) is 0 Å². The Labute approximate surface area is 192 Å². The molecule has 0 aliphatic carbocycles. The predicted molar refractivity (Wildman–Crippen MR) is 125 cm³/mol. The van der Waals surface area contributed by atoms with Crippen molar-refractivity contribution in [1.29, 1.82) is 0 Å². The highest BCUT2D eigenvalue weighted by Gasteiger charge is 2.29. The van der Waals surface area contributed by atoms with Crippen molar-refractivity contribution >= 4 is 30.1 Å². The lowest BCUT2D eigenvalue weighted by molar-refractivity contribution is -0.138. The fraction of sp³-hybridized carbons (Fsp3) is 0.625. The first kappa shape index (κ1) is 29.1. The Morgan fingerprint density at radius 3 is 1.77 bits per heavy atom. The van der Waals surface area contributed by atoms with Crippen molar-refractivity contribution in [2.45, 2.75) is 80.2 Å². The number of Topliss-reactive ketones (excluding diaryl/α,β-unsaturated/α-hetero) is 1. The van der Waals surface area contributed by atoms with E-state index >= 15 is 0 Å². The van der Waals surface area contributed by atoms with Gasteiger partial charge in [0.2, 0.25) is 0 Å². The van der Waals surface area contributed by atoms with Gasteiger partial charge in [-0.25, -0.2) is 0 Å². The van der Waals surface area contributed by atoms with Gasteiger partial charge in [0.25, 0.3) is 0 Å². The fourth-order valence-electron chi connectivity index (χ4n) is 2.58. The molecule has 3 atom stereocenters. The van der Waals surface area contributed by atoms with Gasteiger partial charge in [0.05, 0.1) is 6.04 Å². The number of ether oxygens (including phenoxy) is 2. The van der Waals surface area contributed by atoms with E-state index in [-0.39, 0.29) is 54.4 Å². The van der Waals surface area contributed by atoms with Gasteiger partial charge in [0.1, 0.15) is 0 Å². The molecule has 1 aromatic carbocycles. The zero-order valence-electron chi connectivity index (χ0n) is 19.8. The Kier molecular flexibility index (Phi) is 12.0. The molecular formula is C24H38ClNO5. The second-order valence-electron chi connectivity index (χ2n) is 9.25. The van der Waals surface area contributed by atoms with Crippen LogP contribution in [0.15, 0.2) is 18.2 Å². The monoisotopic (exact) mass is 455 g/mol. The lowest BCUT2D eigenvalue weighted by Crippen LogP contribution is -2.42. The van der Waals surface area contributed by atoms with Gasteiger partial charge >= 0.3 is 11.9 Å². The summed E-state index contributed by atoms with van der Waals surface area (Å²) in [6.45, 7) is 13.6. The van der Waals surface area contributed by atoms with Crippen molar-refractivity contribution in [1.82, 2.24) is 0 Å². The summed E-state index contributed by atoms with van der Waals surface area (Å²) in [5.74, 6) is -0.580. The largest absolute Gasteiger partial charge is 0.423 e. The van der Waals surface area contributed by atoms with Crippen LogP contribution in [-0.4, -0.2) is 23.8 Å². The van der Waals surface area contributed by atoms with Gasteiger partial charge in [-0.1, -0.05) is 61.3 Å². The molecule has 0 bridgehead atoms. The zero-order valence-corrected chi connectivity index (χ0v) is 20.6. The van der Waals surface area contributed by atoms with E-state index in [9.17, 15) is 14.4 Å². The molecule has 0 saturated heterocycles. The highest BCUT2D eigenvalue weighted by atomic mass is 35.5. The van der Waals surface area contributed by atoms with Crippen molar-refractivity contribution in [2.24, 2.45) is 23.0 Å². The smallest absolute Gasteiger partial charge is 0.311 e. The van der Waals surface area contributed by atoms with E-state index in [0.29, 0.717) is 5.56 Å². The van der Waals surface area contributed by atoms with Crippen molar-refractivity contribution < 1.29 is 23.9 Å². The van der Waals surface area contributed by atoms with Crippen LogP contribution in [0, 0.1) is 17.3 Å². The topological polar surface area (TPSA) is 95.7 Å². The van der Waals surface area contributed by atoms with Crippen LogP contribution in [0.2, 0.25) is 0 Å². The Balaban J connectivity index is 0.00000900. The normalized spacial score (nSPS) is 14.1. The molecule has 176 valence electrons. The summed E-state index contributed by atoms with van der Waals surface area (Å²) in [6, 6.07) is 3.75. The average Bonchev–Trinajstić information content (AvgIpc) is 2.66. The van der Waals surface area contributed by atoms with E-state index in [4.69, 9.17) is 15.2 Å². The van der Waals surface area contributed by atoms with Gasteiger partial charge in [-0.05, 0) is 35.4 Å². The Bertz CT molecular complexity index is 757. The minimum Gasteiger partial charge on any atom is -0.423 e. The fourth-order valence-corrected chi connectivity index (χ4v) is 2.58. The molecule has 0 heterocycles. The summed E-state index contributed by atoms with van der Waals surface area (Å²) in [6.07, 6.45) is 2.18. The highest BCUT2D eigenvalue weighted by Crippen LogP contribution is 2.31. The van der Waals surface area contributed by atoms with Crippen LogP contribution in [0.4, 0.5) is 0 Å². The number of benzene rings is 1. The molecule has 0 fully saturated rings. The molecule has 6 nitrogen and oxygen atoms in total. The highest BCUT2D eigenvalue weighted by molar-refractivity contribution is 6.01. The van der Waals surface area contributed by atoms with E-state index in [1.165, 1.54) is 12.1 Å². The first-order valence-electron chi connectivity index (χ1n) is 10.7. The summed E-state index contributed by atoms with van der Waals surface area (Å²) in [4.78, 5) is 37.4. The van der Waals surface area contributed by atoms with Crippen molar-refractivity contribution in [3.63, 3.8) is 0 Å². The van der Waals surface area contributed by atoms with Crippen molar-refractivity contribution in [3.05, 3.63) is 23.8 Å². The maximum atomic E-state index is 12.8. The minimum atomic E-state index is -0.722. The summed E-state index contributed by atoms with van der Waals surface area (Å²) < 4.78 is 11.0. The standard InChI is InChI=1S/C24H37NO5.ClH/c1-8-15(3)12-20(26)29-18-11-10-17(22(28)23(25)24(5,6)7)14-19(18)30-21(27)13-16(4)9-2;/h10-11,14-16,23H,8-9,12-13,25H2,1-7H3;1H. The summed E-state index contributed by atoms with van der Waals surface area (Å²) in [7, 11) is 0. The summed E-state index contributed by atoms with van der Waals surface area (Å²) >= 11 is 0. The van der Waals surface area contributed by atoms with Crippen LogP contribution in [0.1, 0.15) is 84.5 Å². The van der Waals surface area contributed by atoms with Gasteiger partial charge in [-0.2, -0.15) is 0 Å². The van der Waals surface area contributed by atoms with Crippen molar-refractivity contribution in [2.75, 3.05) is 0 Å². The SMILES string of the molecule is CCC(C)CC(=O)Oc1ccc(C(=O)C(N)C(C)(C)C)cc1OC(=O)CC(C)CC.Cl. The number of ketones is 1. The van der Waals surface area contributed by atoms with E-state index in [1.807, 2.05) is 48.5 Å². The molecule has 31 heavy (non-hydrogen) atoms. The molecule has 1 rings (SSSR count). The first-order valence-corrected chi connectivity index (χ1v) is 10.7. The van der Waals surface area contributed by atoms with Crippen LogP contribution < -0.4 is 15.2 Å². The number of carbonyl (C=O) groups is 3. The third kappa shape index (κ3) is 9.40. The Morgan fingerprint density at radius 1 is 0.903 bits per heavy atom. The molecule has 2 N–H and O–H groups in total. The lowest BCUT2D eigenvalue weighted by atomic mass is 9.83. The van der Waals surface area contributed by atoms with E-state index in [1.54, 1.807) is 6.07 Å². The number of rotatable bonds is 10. The quantitative estimate of drug-likeness (QED) is 0.290. The number of hydrogen-bond acceptors (Lipinski definition) is 6. The molecule has 0 radical (unpaired) electrons. The second-order valence-corrected chi connectivity index (χ2v) is 9.25. The molecule has 1 aromatic rings. The molecular weight excluding hydrogens is 418 g/mol. The molecule has 0 spiro atoms. The van der Waals surface area contributed by atoms with E-state index < -0.39 is 23.4 Å². The molecule has 0 aliphatic rings. The summed E-state index contributed by atoms with van der Waals surface area (Å²) in [5, 5.41) is 0. The van der Waals surface area contributed by atoms with Gasteiger partial charge in [0.15, 0.2) is 17.3 Å². The van der Waals surface area contributed by atoms with Gasteiger partial charge < -0.3 is 15.2 Å².